The van der Waals surface area contributed by atoms with E-state index < -0.39 is 0 Å². The van der Waals surface area contributed by atoms with Crippen LogP contribution < -0.4 is 5.73 Å². The summed E-state index contributed by atoms with van der Waals surface area (Å²) in [6, 6.07) is 8.09. The van der Waals surface area contributed by atoms with Gasteiger partial charge in [0.15, 0.2) is 0 Å². The highest BCUT2D eigenvalue weighted by atomic mass is 15.3. The molecule has 0 amide bonds. The van der Waals surface area contributed by atoms with Crippen LogP contribution in [0.4, 0.5) is 5.95 Å². The molecule has 2 aromatic heterocycles. The van der Waals surface area contributed by atoms with E-state index in [0.29, 0.717) is 5.95 Å². The van der Waals surface area contributed by atoms with Crippen molar-refractivity contribution in [2.24, 2.45) is 14.1 Å². The molecule has 0 atom stereocenters. The van der Waals surface area contributed by atoms with Crippen LogP contribution in [0, 0.1) is 0 Å². The van der Waals surface area contributed by atoms with Crippen molar-refractivity contribution >= 4 is 17.0 Å². The second kappa shape index (κ2) is 3.35. The van der Waals surface area contributed by atoms with E-state index in [4.69, 9.17) is 5.73 Å². The van der Waals surface area contributed by atoms with Crippen LogP contribution in [-0.2, 0) is 14.1 Å². The first-order chi connectivity index (χ1) is 8.16. The van der Waals surface area contributed by atoms with Crippen LogP contribution in [0.1, 0.15) is 0 Å². The van der Waals surface area contributed by atoms with Crippen molar-refractivity contribution in [3.8, 4) is 11.3 Å². The van der Waals surface area contributed by atoms with Crippen LogP contribution in [0.3, 0.4) is 0 Å². The molecule has 0 saturated heterocycles. The molecule has 5 nitrogen and oxygen atoms in total. The van der Waals surface area contributed by atoms with Crippen LogP contribution in [0.2, 0.25) is 0 Å². The first-order valence-corrected chi connectivity index (χ1v) is 5.37. The van der Waals surface area contributed by atoms with E-state index in [9.17, 15) is 0 Å². The minimum Gasteiger partial charge on any atom is -0.369 e. The molecule has 1 aromatic carbocycles. The Kier molecular flexibility index (Phi) is 1.95. The first-order valence-electron chi connectivity index (χ1n) is 5.37. The van der Waals surface area contributed by atoms with Gasteiger partial charge >= 0.3 is 0 Å². The number of nitrogens with two attached hydrogens (primary N) is 1. The Morgan fingerprint density at radius 3 is 2.71 bits per heavy atom. The maximum Gasteiger partial charge on any atom is 0.200 e. The minimum atomic E-state index is 0.530. The molecule has 5 heteroatoms. The molecule has 3 rings (SSSR count). The number of nitrogens with zero attached hydrogens (tertiary/aromatic N) is 4. The number of aryl methyl sites for hydroxylation is 2. The minimum absolute atomic E-state index is 0.530. The van der Waals surface area contributed by atoms with E-state index in [1.54, 1.807) is 6.20 Å². The first kappa shape index (κ1) is 9.89. The number of anilines is 1. The van der Waals surface area contributed by atoms with Crippen molar-refractivity contribution in [2.75, 3.05) is 5.73 Å². The summed E-state index contributed by atoms with van der Waals surface area (Å²) in [5.41, 5.74) is 9.89. The molecule has 3 aromatic rings. The van der Waals surface area contributed by atoms with Gasteiger partial charge in [-0.15, -0.1) is 0 Å². The third-order valence-corrected chi connectivity index (χ3v) is 3.03. The Labute approximate surface area is 98.5 Å². The second-order valence-corrected chi connectivity index (χ2v) is 4.07. The van der Waals surface area contributed by atoms with Crippen molar-refractivity contribution in [3.05, 3.63) is 30.5 Å². The van der Waals surface area contributed by atoms with Crippen molar-refractivity contribution in [1.82, 2.24) is 19.3 Å². The maximum absolute atomic E-state index is 5.79. The van der Waals surface area contributed by atoms with E-state index in [1.165, 1.54) is 0 Å². The molecule has 17 heavy (non-hydrogen) atoms. The topological polar surface area (TPSA) is 61.7 Å². The highest BCUT2D eigenvalue weighted by Crippen LogP contribution is 2.24. The monoisotopic (exact) mass is 227 g/mol. The average Bonchev–Trinajstić information content (AvgIpc) is 2.84. The van der Waals surface area contributed by atoms with Gasteiger partial charge in [0.1, 0.15) is 0 Å². The SMILES string of the molecule is Cn1nccc1-c1ccc2c(c1)nc(N)n2C. The summed E-state index contributed by atoms with van der Waals surface area (Å²) >= 11 is 0. The molecule has 0 saturated carbocycles. The molecule has 2 heterocycles. The smallest absolute Gasteiger partial charge is 0.200 e. The highest BCUT2D eigenvalue weighted by Gasteiger charge is 2.08. The summed E-state index contributed by atoms with van der Waals surface area (Å²) in [6.07, 6.45) is 1.78. The second-order valence-electron chi connectivity index (χ2n) is 4.07. The van der Waals surface area contributed by atoms with Gasteiger partial charge in [0.05, 0.1) is 16.7 Å². The van der Waals surface area contributed by atoms with Crippen LogP contribution in [0.5, 0.6) is 0 Å². The van der Waals surface area contributed by atoms with E-state index in [2.05, 4.69) is 16.1 Å². The molecule has 0 radical (unpaired) electrons. The molecule has 86 valence electrons. The Balaban J connectivity index is 2.24. The predicted octanol–water partition coefficient (Wildman–Crippen LogP) is 1.56. The van der Waals surface area contributed by atoms with Crippen molar-refractivity contribution < 1.29 is 0 Å². The summed E-state index contributed by atoms with van der Waals surface area (Å²) in [7, 11) is 3.83. The highest BCUT2D eigenvalue weighted by molar-refractivity contribution is 5.83. The molecule has 0 aliphatic heterocycles. The van der Waals surface area contributed by atoms with Crippen molar-refractivity contribution in [3.63, 3.8) is 0 Å². The molecular weight excluding hydrogens is 214 g/mol. The zero-order valence-electron chi connectivity index (χ0n) is 9.75. The van der Waals surface area contributed by atoms with Crippen LogP contribution in [-0.4, -0.2) is 19.3 Å². The molecular formula is C12H13N5. The van der Waals surface area contributed by atoms with Crippen molar-refractivity contribution in [2.45, 2.75) is 0 Å². The predicted molar refractivity (Wildman–Crippen MR) is 67.3 cm³/mol. The Hall–Kier alpha value is -2.30. The summed E-state index contributed by atoms with van der Waals surface area (Å²) in [6.45, 7) is 0. The number of aromatic nitrogens is 4. The van der Waals surface area contributed by atoms with E-state index in [0.717, 1.165) is 22.3 Å². The van der Waals surface area contributed by atoms with Gasteiger partial charge in [0, 0.05) is 25.9 Å². The molecule has 0 fully saturated rings. The lowest BCUT2D eigenvalue weighted by molar-refractivity contribution is 0.776. The molecule has 0 spiro atoms. The lowest BCUT2D eigenvalue weighted by atomic mass is 10.1. The number of benzene rings is 1. The van der Waals surface area contributed by atoms with Gasteiger partial charge in [-0.25, -0.2) is 4.98 Å². The number of nitrogen functional groups attached to an aromatic ring is 1. The lowest BCUT2D eigenvalue weighted by Gasteiger charge is -2.02. The van der Waals surface area contributed by atoms with E-state index in [1.807, 2.05) is 41.5 Å². The Morgan fingerprint density at radius 2 is 2.00 bits per heavy atom. The maximum atomic E-state index is 5.79. The normalized spacial score (nSPS) is 11.2. The van der Waals surface area contributed by atoms with E-state index >= 15 is 0 Å². The summed E-state index contributed by atoms with van der Waals surface area (Å²) in [4.78, 5) is 4.32. The molecule has 0 bridgehead atoms. The van der Waals surface area contributed by atoms with Crippen molar-refractivity contribution in [1.29, 1.82) is 0 Å². The van der Waals surface area contributed by atoms with Gasteiger partial charge in [0.2, 0.25) is 5.95 Å². The van der Waals surface area contributed by atoms with Gasteiger partial charge in [-0.3, -0.25) is 4.68 Å². The molecule has 2 N–H and O–H groups in total. The Bertz CT molecular complexity index is 692. The van der Waals surface area contributed by atoms with Crippen LogP contribution in [0.25, 0.3) is 22.3 Å². The number of hydrogen-bond donors (Lipinski definition) is 1. The van der Waals surface area contributed by atoms with E-state index in [-0.39, 0.29) is 0 Å². The zero-order chi connectivity index (χ0) is 12.0. The molecule has 0 aliphatic rings. The number of rotatable bonds is 1. The fourth-order valence-corrected chi connectivity index (χ4v) is 2.03. The third kappa shape index (κ3) is 1.39. The van der Waals surface area contributed by atoms with Gasteiger partial charge in [-0.2, -0.15) is 5.10 Å². The third-order valence-electron chi connectivity index (χ3n) is 3.03. The zero-order valence-corrected chi connectivity index (χ0v) is 9.75. The summed E-state index contributed by atoms with van der Waals surface area (Å²) in [5.74, 6) is 0.530. The standard InChI is InChI=1S/C12H13N5/c1-16-11-4-3-8(7-9(11)15-12(16)13)10-5-6-14-17(10)2/h3-7H,1-2H3,(H2,13,15). The Morgan fingerprint density at radius 1 is 1.18 bits per heavy atom. The fraction of sp³-hybridized carbons (Fsp3) is 0.167. The fourth-order valence-electron chi connectivity index (χ4n) is 2.03. The van der Waals surface area contributed by atoms with Gasteiger partial charge in [-0.05, 0) is 18.2 Å². The molecule has 0 aliphatic carbocycles. The van der Waals surface area contributed by atoms with Crippen LogP contribution >= 0.6 is 0 Å². The average molecular weight is 227 g/mol. The lowest BCUT2D eigenvalue weighted by Crippen LogP contribution is -1.96. The largest absolute Gasteiger partial charge is 0.369 e. The van der Waals surface area contributed by atoms with Gasteiger partial charge in [-0.1, -0.05) is 6.07 Å². The summed E-state index contributed by atoms with van der Waals surface area (Å²) < 4.78 is 3.72. The van der Waals surface area contributed by atoms with Gasteiger partial charge in [0.25, 0.3) is 0 Å². The molecule has 0 unspecified atom stereocenters. The van der Waals surface area contributed by atoms with Crippen LogP contribution in [0.15, 0.2) is 30.5 Å². The quantitative estimate of drug-likeness (QED) is 0.686. The van der Waals surface area contributed by atoms with Gasteiger partial charge < -0.3 is 10.3 Å². The number of hydrogen-bond acceptors (Lipinski definition) is 3. The number of fused-ring (bicyclic) bond motifs is 1. The number of imidazole rings is 1. The summed E-state index contributed by atoms with van der Waals surface area (Å²) in [5, 5.41) is 4.16.